The molecule has 4 heteroatoms. The van der Waals surface area contributed by atoms with Crippen LogP contribution < -0.4 is 5.32 Å². The van der Waals surface area contributed by atoms with Crippen LogP contribution in [0.3, 0.4) is 0 Å². The molecule has 0 aliphatic carbocycles. The van der Waals surface area contributed by atoms with Gasteiger partial charge in [-0.3, -0.25) is 0 Å². The van der Waals surface area contributed by atoms with Crippen LogP contribution in [-0.4, -0.2) is 17.0 Å². The first-order chi connectivity index (χ1) is 8.58. The first-order valence-electron chi connectivity index (χ1n) is 5.87. The molecule has 0 bridgehead atoms. The van der Waals surface area contributed by atoms with Crippen molar-refractivity contribution in [1.29, 1.82) is 0 Å². The molecule has 2 rings (SSSR count). The second kappa shape index (κ2) is 5.40. The van der Waals surface area contributed by atoms with Gasteiger partial charge in [-0.25, -0.2) is 9.97 Å². The van der Waals surface area contributed by atoms with E-state index in [1.165, 1.54) is 16.0 Å². The third-order valence-corrected chi connectivity index (χ3v) is 3.71. The SMILES string of the molecule is CNc1cc(Sc2cc(C)ccc2C)nc(C)n1. The average molecular weight is 259 g/mol. The zero-order valence-corrected chi connectivity index (χ0v) is 11.9. The van der Waals surface area contributed by atoms with Gasteiger partial charge in [-0.15, -0.1) is 0 Å². The van der Waals surface area contributed by atoms with E-state index >= 15 is 0 Å². The monoisotopic (exact) mass is 259 g/mol. The number of nitrogens with one attached hydrogen (secondary N) is 1. The summed E-state index contributed by atoms with van der Waals surface area (Å²) in [5.74, 6) is 1.64. The topological polar surface area (TPSA) is 37.8 Å². The molecule has 0 radical (unpaired) electrons. The van der Waals surface area contributed by atoms with E-state index in [1.54, 1.807) is 11.8 Å². The molecule has 0 saturated carbocycles. The summed E-state index contributed by atoms with van der Waals surface area (Å²) in [5.41, 5.74) is 2.54. The Hall–Kier alpha value is -1.55. The van der Waals surface area contributed by atoms with Gasteiger partial charge in [0.2, 0.25) is 0 Å². The Labute approximate surface area is 112 Å². The maximum absolute atomic E-state index is 4.46. The summed E-state index contributed by atoms with van der Waals surface area (Å²) in [7, 11) is 1.87. The van der Waals surface area contributed by atoms with E-state index in [0.717, 1.165) is 16.7 Å². The summed E-state index contributed by atoms with van der Waals surface area (Å²) >= 11 is 1.68. The smallest absolute Gasteiger partial charge is 0.130 e. The highest BCUT2D eigenvalue weighted by molar-refractivity contribution is 7.99. The van der Waals surface area contributed by atoms with E-state index in [4.69, 9.17) is 0 Å². The standard InChI is InChI=1S/C14H17N3S/c1-9-5-6-10(2)12(7-9)18-14-8-13(15-4)16-11(3)17-14/h5-8H,1-4H3,(H,15,16,17). The Kier molecular flexibility index (Phi) is 3.87. The molecule has 1 heterocycles. The molecule has 2 aromatic rings. The molecule has 0 aliphatic heterocycles. The quantitative estimate of drug-likeness (QED) is 0.855. The number of aryl methyl sites for hydroxylation is 3. The van der Waals surface area contributed by atoms with E-state index in [-0.39, 0.29) is 0 Å². The normalized spacial score (nSPS) is 10.4. The third kappa shape index (κ3) is 3.01. The van der Waals surface area contributed by atoms with Gasteiger partial charge >= 0.3 is 0 Å². The third-order valence-electron chi connectivity index (χ3n) is 2.63. The molecular formula is C14H17N3S. The Balaban J connectivity index is 2.33. The van der Waals surface area contributed by atoms with Crippen LogP contribution in [0.1, 0.15) is 17.0 Å². The van der Waals surface area contributed by atoms with Crippen LogP contribution >= 0.6 is 11.8 Å². The zero-order chi connectivity index (χ0) is 13.1. The minimum absolute atomic E-state index is 0.787. The predicted molar refractivity (Wildman–Crippen MR) is 76.4 cm³/mol. The van der Waals surface area contributed by atoms with Gasteiger partial charge in [0.25, 0.3) is 0 Å². The van der Waals surface area contributed by atoms with Crippen molar-refractivity contribution in [2.24, 2.45) is 0 Å². The molecule has 1 aromatic heterocycles. The van der Waals surface area contributed by atoms with Crippen LogP contribution in [0.4, 0.5) is 5.82 Å². The van der Waals surface area contributed by atoms with E-state index in [2.05, 4.69) is 47.3 Å². The first-order valence-corrected chi connectivity index (χ1v) is 6.68. The molecule has 3 nitrogen and oxygen atoms in total. The van der Waals surface area contributed by atoms with E-state index in [0.29, 0.717) is 0 Å². The van der Waals surface area contributed by atoms with Gasteiger partial charge in [0.1, 0.15) is 16.7 Å². The largest absolute Gasteiger partial charge is 0.373 e. The summed E-state index contributed by atoms with van der Waals surface area (Å²) in [5, 5.41) is 4.03. The van der Waals surface area contributed by atoms with Crippen LogP contribution in [-0.2, 0) is 0 Å². The van der Waals surface area contributed by atoms with Crippen molar-refractivity contribution in [2.75, 3.05) is 12.4 Å². The van der Waals surface area contributed by atoms with E-state index in [9.17, 15) is 0 Å². The molecule has 0 aliphatic rings. The minimum Gasteiger partial charge on any atom is -0.373 e. The van der Waals surface area contributed by atoms with Crippen molar-refractivity contribution in [1.82, 2.24) is 9.97 Å². The molecule has 1 aromatic carbocycles. The molecule has 0 spiro atoms. The van der Waals surface area contributed by atoms with E-state index in [1.807, 2.05) is 20.0 Å². The first kappa shape index (κ1) is 12.9. The fourth-order valence-corrected chi connectivity index (χ4v) is 2.70. The van der Waals surface area contributed by atoms with Crippen molar-refractivity contribution in [3.63, 3.8) is 0 Å². The van der Waals surface area contributed by atoms with Crippen molar-refractivity contribution in [2.45, 2.75) is 30.7 Å². The van der Waals surface area contributed by atoms with Crippen molar-refractivity contribution < 1.29 is 0 Å². The Morgan fingerprint density at radius 1 is 1.06 bits per heavy atom. The van der Waals surface area contributed by atoms with Gasteiger partial charge in [0.05, 0.1) is 0 Å². The van der Waals surface area contributed by atoms with Gasteiger partial charge in [-0.2, -0.15) is 0 Å². The second-order valence-corrected chi connectivity index (χ2v) is 5.32. The number of benzene rings is 1. The molecular weight excluding hydrogens is 242 g/mol. The summed E-state index contributed by atoms with van der Waals surface area (Å²) in [6, 6.07) is 8.43. The number of aromatic nitrogens is 2. The zero-order valence-electron chi connectivity index (χ0n) is 11.1. The molecule has 94 valence electrons. The van der Waals surface area contributed by atoms with Crippen LogP contribution in [0.15, 0.2) is 34.2 Å². The lowest BCUT2D eigenvalue weighted by Gasteiger charge is -2.08. The Morgan fingerprint density at radius 2 is 1.83 bits per heavy atom. The van der Waals surface area contributed by atoms with Crippen molar-refractivity contribution >= 4 is 17.6 Å². The molecule has 1 N–H and O–H groups in total. The fraction of sp³-hybridized carbons (Fsp3) is 0.286. The van der Waals surface area contributed by atoms with E-state index < -0.39 is 0 Å². The number of hydrogen-bond acceptors (Lipinski definition) is 4. The molecule has 0 atom stereocenters. The summed E-state index contributed by atoms with van der Waals surface area (Å²) < 4.78 is 0. The lowest BCUT2D eigenvalue weighted by molar-refractivity contribution is 0.968. The Morgan fingerprint density at radius 3 is 2.56 bits per heavy atom. The maximum Gasteiger partial charge on any atom is 0.130 e. The van der Waals surface area contributed by atoms with Crippen LogP contribution in [0.2, 0.25) is 0 Å². The van der Waals surface area contributed by atoms with Gasteiger partial charge in [0, 0.05) is 18.0 Å². The highest BCUT2D eigenvalue weighted by atomic mass is 32.2. The van der Waals surface area contributed by atoms with Crippen molar-refractivity contribution in [3.05, 3.63) is 41.2 Å². The Bertz CT molecular complexity index is 567. The second-order valence-electron chi connectivity index (χ2n) is 4.26. The minimum atomic E-state index is 0.787. The fourth-order valence-electron chi connectivity index (χ4n) is 1.65. The van der Waals surface area contributed by atoms with Crippen LogP contribution in [0, 0.1) is 20.8 Å². The van der Waals surface area contributed by atoms with Gasteiger partial charge in [0.15, 0.2) is 0 Å². The number of nitrogens with zero attached hydrogens (tertiary/aromatic N) is 2. The lowest BCUT2D eigenvalue weighted by Crippen LogP contribution is -1.97. The molecule has 0 fully saturated rings. The molecule has 0 saturated heterocycles. The lowest BCUT2D eigenvalue weighted by atomic mass is 10.2. The summed E-state index contributed by atoms with van der Waals surface area (Å²) in [6.07, 6.45) is 0. The number of hydrogen-bond donors (Lipinski definition) is 1. The predicted octanol–water partition coefficient (Wildman–Crippen LogP) is 3.59. The molecule has 18 heavy (non-hydrogen) atoms. The van der Waals surface area contributed by atoms with Crippen LogP contribution in [0.5, 0.6) is 0 Å². The highest BCUT2D eigenvalue weighted by Crippen LogP contribution is 2.30. The van der Waals surface area contributed by atoms with Crippen molar-refractivity contribution in [3.8, 4) is 0 Å². The van der Waals surface area contributed by atoms with Crippen LogP contribution in [0.25, 0.3) is 0 Å². The highest BCUT2D eigenvalue weighted by Gasteiger charge is 2.05. The number of anilines is 1. The summed E-state index contributed by atoms with van der Waals surface area (Å²) in [4.78, 5) is 10.0. The van der Waals surface area contributed by atoms with Gasteiger partial charge in [-0.05, 0) is 38.0 Å². The number of rotatable bonds is 3. The average Bonchev–Trinajstić information content (AvgIpc) is 2.33. The maximum atomic E-state index is 4.46. The van der Waals surface area contributed by atoms with Gasteiger partial charge in [-0.1, -0.05) is 23.9 Å². The molecule has 0 unspecified atom stereocenters. The van der Waals surface area contributed by atoms with Gasteiger partial charge < -0.3 is 5.32 Å². The summed E-state index contributed by atoms with van der Waals surface area (Å²) in [6.45, 7) is 6.14. The molecule has 0 amide bonds.